The van der Waals surface area contributed by atoms with E-state index in [2.05, 4.69) is 15.2 Å². The number of primary amides is 1. The molecule has 1 aromatic carbocycles. The summed E-state index contributed by atoms with van der Waals surface area (Å²) in [7, 11) is 0. The summed E-state index contributed by atoms with van der Waals surface area (Å²) in [6.07, 6.45) is 3.31. The molecule has 0 aliphatic carbocycles. The first kappa shape index (κ1) is 18.0. The molecule has 1 fully saturated rings. The van der Waals surface area contributed by atoms with Crippen LogP contribution in [0.25, 0.3) is 5.65 Å². The third kappa shape index (κ3) is 3.55. The van der Waals surface area contributed by atoms with E-state index in [0.717, 1.165) is 48.6 Å². The molecule has 0 bridgehead atoms. The van der Waals surface area contributed by atoms with Crippen molar-refractivity contribution in [3.8, 4) is 0 Å². The summed E-state index contributed by atoms with van der Waals surface area (Å²) >= 11 is 0. The maximum Gasteiger partial charge on any atom is 0.275 e. The van der Waals surface area contributed by atoms with Gasteiger partial charge in [0.25, 0.3) is 5.91 Å². The maximum absolute atomic E-state index is 12.5. The summed E-state index contributed by atoms with van der Waals surface area (Å²) < 4.78 is 1.90. The van der Waals surface area contributed by atoms with E-state index >= 15 is 0 Å². The lowest BCUT2D eigenvalue weighted by molar-refractivity contribution is -0.122. The molecule has 2 aromatic heterocycles. The van der Waals surface area contributed by atoms with Crippen LogP contribution in [0.15, 0.2) is 48.7 Å². The van der Waals surface area contributed by atoms with Gasteiger partial charge in [0.2, 0.25) is 5.91 Å². The van der Waals surface area contributed by atoms with E-state index in [4.69, 9.17) is 5.73 Å². The Balaban J connectivity index is 1.42. The molecule has 7 heteroatoms. The zero-order valence-corrected chi connectivity index (χ0v) is 15.8. The number of hydrogen-bond donors (Lipinski definition) is 2. The molecule has 3 aromatic rings. The molecule has 1 saturated heterocycles. The van der Waals surface area contributed by atoms with Crippen LogP contribution in [0.2, 0.25) is 0 Å². The average Bonchev–Trinajstić information content (AvgIpc) is 3.15. The Kier molecular flexibility index (Phi) is 4.73. The predicted octanol–water partition coefficient (Wildman–Crippen LogP) is 2.60. The highest BCUT2D eigenvalue weighted by molar-refractivity contribution is 6.03. The van der Waals surface area contributed by atoms with E-state index in [0.29, 0.717) is 5.69 Å². The quantitative estimate of drug-likeness (QED) is 0.731. The van der Waals surface area contributed by atoms with Gasteiger partial charge < -0.3 is 20.4 Å². The summed E-state index contributed by atoms with van der Waals surface area (Å²) in [5.41, 5.74) is 9.34. The first-order valence-corrected chi connectivity index (χ1v) is 9.41. The Hall–Kier alpha value is -3.35. The highest BCUT2D eigenvalue weighted by atomic mass is 16.2. The number of piperidine rings is 1. The van der Waals surface area contributed by atoms with Crippen molar-refractivity contribution in [3.63, 3.8) is 0 Å². The van der Waals surface area contributed by atoms with Crippen LogP contribution in [0, 0.1) is 12.8 Å². The number of aromatic nitrogens is 2. The molecule has 0 radical (unpaired) electrons. The van der Waals surface area contributed by atoms with E-state index in [1.54, 1.807) is 6.20 Å². The molecule has 0 spiro atoms. The van der Waals surface area contributed by atoms with E-state index in [9.17, 15) is 9.59 Å². The van der Waals surface area contributed by atoms with E-state index < -0.39 is 0 Å². The zero-order chi connectivity index (χ0) is 19.7. The van der Waals surface area contributed by atoms with Crippen LogP contribution in [0.3, 0.4) is 0 Å². The van der Waals surface area contributed by atoms with Crippen molar-refractivity contribution in [2.24, 2.45) is 11.7 Å². The van der Waals surface area contributed by atoms with Crippen LogP contribution in [0.4, 0.5) is 11.4 Å². The number of benzene rings is 1. The third-order valence-electron chi connectivity index (χ3n) is 5.32. The van der Waals surface area contributed by atoms with E-state index in [-0.39, 0.29) is 17.7 Å². The van der Waals surface area contributed by atoms with E-state index in [1.807, 2.05) is 53.8 Å². The molecule has 0 atom stereocenters. The maximum atomic E-state index is 12.5. The molecule has 0 saturated carbocycles. The van der Waals surface area contributed by atoms with Crippen LogP contribution >= 0.6 is 0 Å². The Bertz CT molecular complexity index is 1020. The second kappa shape index (κ2) is 7.34. The summed E-state index contributed by atoms with van der Waals surface area (Å²) in [4.78, 5) is 30.5. The Morgan fingerprint density at radius 3 is 2.46 bits per heavy atom. The normalized spacial score (nSPS) is 15.0. The van der Waals surface area contributed by atoms with Crippen molar-refractivity contribution in [1.29, 1.82) is 0 Å². The predicted molar refractivity (Wildman–Crippen MR) is 108 cm³/mol. The summed E-state index contributed by atoms with van der Waals surface area (Å²) in [5.74, 6) is -0.471. The van der Waals surface area contributed by atoms with Gasteiger partial charge in [-0.05, 0) is 56.2 Å². The monoisotopic (exact) mass is 377 g/mol. The van der Waals surface area contributed by atoms with Gasteiger partial charge >= 0.3 is 0 Å². The van der Waals surface area contributed by atoms with Crippen LogP contribution in [0.5, 0.6) is 0 Å². The number of imidazole rings is 1. The molecule has 3 heterocycles. The highest BCUT2D eigenvalue weighted by Gasteiger charge is 2.23. The molecule has 1 aliphatic rings. The molecule has 7 nitrogen and oxygen atoms in total. The molecule has 1 aliphatic heterocycles. The first-order valence-electron chi connectivity index (χ1n) is 9.41. The molecular formula is C21H23N5O2. The number of anilines is 2. The SMILES string of the molecule is Cc1cccc2nc(C(=O)Nc3ccc(N4CCC(C(N)=O)CC4)cc3)cn12. The lowest BCUT2D eigenvalue weighted by Crippen LogP contribution is -2.38. The molecule has 144 valence electrons. The van der Waals surface area contributed by atoms with Gasteiger partial charge in [0.05, 0.1) is 0 Å². The zero-order valence-electron chi connectivity index (χ0n) is 15.8. The van der Waals surface area contributed by atoms with Gasteiger partial charge in [-0.1, -0.05) is 6.07 Å². The third-order valence-corrected chi connectivity index (χ3v) is 5.32. The first-order chi connectivity index (χ1) is 13.5. The lowest BCUT2D eigenvalue weighted by atomic mass is 9.96. The Morgan fingerprint density at radius 1 is 1.11 bits per heavy atom. The smallest absolute Gasteiger partial charge is 0.275 e. The largest absolute Gasteiger partial charge is 0.371 e. The Morgan fingerprint density at radius 2 is 1.82 bits per heavy atom. The molecular weight excluding hydrogens is 354 g/mol. The van der Waals surface area contributed by atoms with Gasteiger partial charge in [-0.25, -0.2) is 4.98 Å². The lowest BCUT2D eigenvalue weighted by Gasteiger charge is -2.32. The van der Waals surface area contributed by atoms with Crippen molar-refractivity contribution < 1.29 is 9.59 Å². The molecule has 28 heavy (non-hydrogen) atoms. The number of pyridine rings is 1. The number of carbonyl (C=O) groups is 2. The molecule has 0 unspecified atom stereocenters. The highest BCUT2D eigenvalue weighted by Crippen LogP contribution is 2.24. The molecule has 2 amide bonds. The number of nitrogens with one attached hydrogen (secondary N) is 1. The molecule has 4 rings (SSSR count). The minimum absolute atomic E-state index is 0.0242. The van der Waals surface area contributed by atoms with Gasteiger partial charge in [0.15, 0.2) is 0 Å². The fourth-order valence-corrected chi connectivity index (χ4v) is 3.63. The fraction of sp³-hybridized carbons (Fsp3) is 0.286. The van der Waals surface area contributed by atoms with Crippen molar-refractivity contribution in [2.75, 3.05) is 23.3 Å². The second-order valence-corrected chi connectivity index (χ2v) is 7.19. The van der Waals surface area contributed by atoms with Crippen molar-refractivity contribution in [1.82, 2.24) is 9.38 Å². The standard InChI is InChI=1S/C21H23N5O2/c1-14-3-2-4-19-24-18(13-26(14)19)21(28)23-16-5-7-17(8-6-16)25-11-9-15(10-12-25)20(22)27/h2-8,13,15H,9-12H2,1H3,(H2,22,27)(H,23,28). The van der Waals surface area contributed by atoms with E-state index in [1.165, 1.54) is 0 Å². The number of aryl methyl sites for hydroxylation is 1. The summed E-state index contributed by atoms with van der Waals surface area (Å²) in [6.45, 7) is 3.58. The fourth-order valence-electron chi connectivity index (χ4n) is 3.63. The topological polar surface area (TPSA) is 92.7 Å². The van der Waals surface area contributed by atoms with Crippen LogP contribution in [-0.4, -0.2) is 34.3 Å². The number of hydrogen-bond acceptors (Lipinski definition) is 4. The number of amides is 2. The van der Waals surface area contributed by atoms with Gasteiger partial charge in [-0.3, -0.25) is 9.59 Å². The minimum Gasteiger partial charge on any atom is -0.371 e. The minimum atomic E-state index is -0.238. The van der Waals surface area contributed by atoms with Crippen molar-refractivity contribution >= 4 is 28.8 Å². The van der Waals surface area contributed by atoms with Gasteiger partial charge in [-0.15, -0.1) is 0 Å². The van der Waals surface area contributed by atoms with Gasteiger partial charge in [0.1, 0.15) is 11.3 Å². The second-order valence-electron chi connectivity index (χ2n) is 7.19. The van der Waals surface area contributed by atoms with Gasteiger partial charge in [0, 0.05) is 42.3 Å². The number of carbonyl (C=O) groups excluding carboxylic acids is 2. The van der Waals surface area contributed by atoms with Crippen molar-refractivity contribution in [2.45, 2.75) is 19.8 Å². The Labute approximate surface area is 163 Å². The van der Waals surface area contributed by atoms with Crippen LogP contribution in [0.1, 0.15) is 29.0 Å². The van der Waals surface area contributed by atoms with Crippen LogP contribution in [-0.2, 0) is 4.79 Å². The number of rotatable bonds is 4. The average molecular weight is 377 g/mol. The van der Waals surface area contributed by atoms with Gasteiger partial charge in [-0.2, -0.15) is 0 Å². The number of fused-ring (bicyclic) bond motifs is 1. The summed E-state index contributed by atoms with van der Waals surface area (Å²) in [6, 6.07) is 13.5. The van der Waals surface area contributed by atoms with Crippen LogP contribution < -0.4 is 16.0 Å². The molecule has 3 N–H and O–H groups in total. The number of nitrogens with zero attached hydrogens (tertiary/aromatic N) is 3. The number of nitrogens with two attached hydrogens (primary N) is 1. The summed E-state index contributed by atoms with van der Waals surface area (Å²) in [5, 5.41) is 2.90. The van der Waals surface area contributed by atoms with Crippen molar-refractivity contribution in [3.05, 3.63) is 60.0 Å².